The van der Waals surface area contributed by atoms with Crippen LogP contribution in [0.15, 0.2) is 30.0 Å². The summed E-state index contributed by atoms with van der Waals surface area (Å²) in [6.45, 7) is 2.47. The zero-order valence-electron chi connectivity index (χ0n) is 9.87. The molecular weight excluding hydrogens is 219 g/mol. The van der Waals surface area contributed by atoms with Gasteiger partial charge in [-0.1, -0.05) is 18.2 Å². The maximum absolute atomic E-state index is 14.0. The van der Waals surface area contributed by atoms with E-state index in [-0.39, 0.29) is 11.9 Å². The van der Waals surface area contributed by atoms with Crippen LogP contribution in [-0.2, 0) is 4.74 Å². The molecule has 0 spiro atoms. The highest BCUT2D eigenvalue weighted by molar-refractivity contribution is 5.33. The zero-order chi connectivity index (χ0) is 12.3. The normalized spacial score (nSPS) is 17.2. The van der Waals surface area contributed by atoms with Crippen LogP contribution in [0, 0.1) is 12.7 Å². The van der Waals surface area contributed by atoms with Crippen molar-refractivity contribution in [1.29, 1.82) is 0 Å². The van der Waals surface area contributed by atoms with Gasteiger partial charge in [0.15, 0.2) is 0 Å². The van der Waals surface area contributed by atoms with Crippen LogP contribution in [0.4, 0.5) is 4.39 Å². The molecule has 3 N–H and O–H groups in total. The molecular formula is C13H17FN2O. The topological polar surface area (TPSA) is 47.3 Å². The molecule has 0 fully saturated rings. The van der Waals surface area contributed by atoms with Gasteiger partial charge in [-0.15, -0.1) is 0 Å². The summed E-state index contributed by atoms with van der Waals surface area (Å²) in [5, 5.41) is 0. The predicted octanol–water partition coefficient (Wildman–Crippen LogP) is 2.33. The summed E-state index contributed by atoms with van der Waals surface area (Å²) in [5.41, 5.74) is 4.86. The Morgan fingerprint density at radius 3 is 2.94 bits per heavy atom. The largest absolute Gasteiger partial charge is 0.501 e. The Balaban J connectivity index is 2.34. The summed E-state index contributed by atoms with van der Waals surface area (Å²) in [5.74, 6) is 5.33. The van der Waals surface area contributed by atoms with E-state index in [4.69, 9.17) is 10.6 Å². The molecule has 1 aliphatic heterocycles. The van der Waals surface area contributed by atoms with E-state index in [1.54, 1.807) is 25.3 Å². The molecule has 1 heterocycles. The molecule has 0 aromatic heterocycles. The van der Waals surface area contributed by atoms with Gasteiger partial charge in [-0.2, -0.15) is 0 Å². The van der Waals surface area contributed by atoms with Gasteiger partial charge in [0.2, 0.25) is 0 Å². The summed E-state index contributed by atoms with van der Waals surface area (Å²) in [4.78, 5) is 0. The van der Waals surface area contributed by atoms with Gasteiger partial charge in [-0.25, -0.2) is 9.82 Å². The molecule has 0 amide bonds. The summed E-state index contributed by atoms with van der Waals surface area (Å²) in [6.07, 6.45) is 3.51. The van der Waals surface area contributed by atoms with Crippen LogP contribution >= 0.6 is 0 Å². The third-order valence-electron chi connectivity index (χ3n) is 3.03. The number of rotatable bonds is 3. The number of halogens is 1. The average Bonchev–Trinajstić information content (AvgIpc) is 2.37. The van der Waals surface area contributed by atoms with Crippen LogP contribution < -0.4 is 11.3 Å². The van der Waals surface area contributed by atoms with Gasteiger partial charge in [0, 0.05) is 5.56 Å². The van der Waals surface area contributed by atoms with Crippen molar-refractivity contribution < 1.29 is 9.13 Å². The molecule has 17 heavy (non-hydrogen) atoms. The number of nitrogens with one attached hydrogen (secondary N) is 1. The SMILES string of the molecule is Cc1cccc(C(NN)C2=COCCC2)c1F. The fourth-order valence-electron chi connectivity index (χ4n) is 2.09. The fourth-order valence-corrected chi connectivity index (χ4v) is 2.09. The number of benzene rings is 1. The molecule has 3 nitrogen and oxygen atoms in total. The van der Waals surface area contributed by atoms with Crippen molar-refractivity contribution in [3.8, 4) is 0 Å². The van der Waals surface area contributed by atoms with Crippen molar-refractivity contribution in [3.05, 3.63) is 47.0 Å². The van der Waals surface area contributed by atoms with Crippen LogP contribution in [0.2, 0.25) is 0 Å². The smallest absolute Gasteiger partial charge is 0.131 e. The van der Waals surface area contributed by atoms with Gasteiger partial charge in [-0.05, 0) is 30.9 Å². The van der Waals surface area contributed by atoms with Gasteiger partial charge < -0.3 is 4.74 Å². The number of hydrazine groups is 1. The van der Waals surface area contributed by atoms with E-state index in [1.165, 1.54) is 0 Å². The van der Waals surface area contributed by atoms with E-state index in [0.717, 1.165) is 25.0 Å². The first kappa shape index (κ1) is 12.1. The fraction of sp³-hybridized carbons (Fsp3) is 0.385. The Morgan fingerprint density at radius 1 is 1.47 bits per heavy atom. The summed E-state index contributed by atoms with van der Waals surface area (Å²) >= 11 is 0. The molecule has 0 bridgehead atoms. The van der Waals surface area contributed by atoms with Crippen LogP contribution in [-0.4, -0.2) is 6.61 Å². The maximum Gasteiger partial charge on any atom is 0.131 e. The second kappa shape index (κ2) is 5.29. The van der Waals surface area contributed by atoms with Gasteiger partial charge in [-0.3, -0.25) is 5.84 Å². The molecule has 1 aliphatic rings. The van der Waals surface area contributed by atoms with Crippen LogP contribution in [0.5, 0.6) is 0 Å². The zero-order valence-corrected chi connectivity index (χ0v) is 9.87. The quantitative estimate of drug-likeness (QED) is 0.625. The highest BCUT2D eigenvalue weighted by Crippen LogP contribution is 2.29. The molecule has 0 radical (unpaired) electrons. The Bertz CT molecular complexity index is 431. The van der Waals surface area contributed by atoms with E-state index >= 15 is 0 Å². The van der Waals surface area contributed by atoms with E-state index < -0.39 is 0 Å². The molecule has 2 rings (SSSR count). The molecule has 0 saturated heterocycles. The Labute approximate surface area is 100 Å². The van der Waals surface area contributed by atoms with E-state index in [9.17, 15) is 4.39 Å². The molecule has 1 unspecified atom stereocenters. The van der Waals surface area contributed by atoms with E-state index in [2.05, 4.69) is 5.43 Å². The van der Waals surface area contributed by atoms with Crippen molar-refractivity contribution >= 4 is 0 Å². The van der Waals surface area contributed by atoms with Crippen molar-refractivity contribution in [2.75, 3.05) is 6.61 Å². The highest BCUT2D eigenvalue weighted by Gasteiger charge is 2.21. The Morgan fingerprint density at radius 2 is 2.29 bits per heavy atom. The lowest BCUT2D eigenvalue weighted by atomic mass is 9.94. The van der Waals surface area contributed by atoms with Gasteiger partial charge in [0.1, 0.15) is 5.82 Å². The van der Waals surface area contributed by atoms with Gasteiger partial charge in [0.05, 0.1) is 18.9 Å². The number of hydrogen-bond acceptors (Lipinski definition) is 3. The Hall–Kier alpha value is -1.39. The van der Waals surface area contributed by atoms with Gasteiger partial charge >= 0.3 is 0 Å². The third kappa shape index (κ3) is 2.48. The maximum atomic E-state index is 14.0. The second-order valence-electron chi connectivity index (χ2n) is 4.24. The van der Waals surface area contributed by atoms with Crippen molar-refractivity contribution in [3.63, 3.8) is 0 Å². The van der Waals surface area contributed by atoms with E-state index in [1.807, 2.05) is 6.07 Å². The number of ether oxygens (including phenoxy) is 1. The predicted molar refractivity (Wildman–Crippen MR) is 64.5 cm³/mol. The highest BCUT2D eigenvalue weighted by atomic mass is 19.1. The van der Waals surface area contributed by atoms with Crippen molar-refractivity contribution in [2.24, 2.45) is 5.84 Å². The lowest BCUT2D eigenvalue weighted by Crippen LogP contribution is -2.31. The number of hydrogen-bond donors (Lipinski definition) is 2. The van der Waals surface area contributed by atoms with Crippen LogP contribution in [0.3, 0.4) is 0 Å². The minimum Gasteiger partial charge on any atom is -0.501 e. The van der Waals surface area contributed by atoms with E-state index in [0.29, 0.717) is 11.1 Å². The summed E-state index contributed by atoms with van der Waals surface area (Å²) < 4.78 is 19.3. The van der Waals surface area contributed by atoms with Crippen LogP contribution in [0.25, 0.3) is 0 Å². The van der Waals surface area contributed by atoms with Gasteiger partial charge in [0.25, 0.3) is 0 Å². The second-order valence-corrected chi connectivity index (χ2v) is 4.24. The van der Waals surface area contributed by atoms with Crippen molar-refractivity contribution in [2.45, 2.75) is 25.8 Å². The lowest BCUT2D eigenvalue weighted by molar-refractivity contribution is 0.219. The molecule has 4 heteroatoms. The molecule has 1 aromatic rings. The minimum absolute atomic E-state index is 0.207. The monoisotopic (exact) mass is 236 g/mol. The first-order chi connectivity index (χ1) is 8.24. The third-order valence-corrected chi connectivity index (χ3v) is 3.03. The lowest BCUT2D eigenvalue weighted by Gasteiger charge is -2.23. The minimum atomic E-state index is -0.310. The first-order valence-electron chi connectivity index (χ1n) is 5.75. The number of nitrogens with two attached hydrogens (primary N) is 1. The van der Waals surface area contributed by atoms with Crippen molar-refractivity contribution in [1.82, 2.24) is 5.43 Å². The standard InChI is InChI=1S/C13H17FN2O/c1-9-4-2-6-11(12(9)14)13(16-15)10-5-3-7-17-8-10/h2,4,6,8,13,16H,3,5,7,15H2,1H3. The molecule has 0 aliphatic carbocycles. The molecule has 0 saturated carbocycles. The Kier molecular flexibility index (Phi) is 3.76. The summed E-state index contributed by atoms with van der Waals surface area (Å²) in [6, 6.07) is 5.03. The molecule has 92 valence electrons. The average molecular weight is 236 g/mol. The van der Waals surface area contributed by atoms with Crippen LogP contribution in [0.1, 0.15) is 30.0 Å². The molecule has 1 aromatic carbocycles. The number of aryl methyl sites for hydroxylation is 1. The molecule has 1 atom stereocenters. The first-order valence-corrected chi connectivity index (χ1v) is 5.75. The summed E-state index contributed by atoms with van der Waals surface area (Å²) in [7, 11) is 0.